The molecule has 0 bridgehead atoms. The van der Waals surface area contributed by atoms with Gasteiger partial charge >= 0.3 is 0 Å². The third-order valence-electron chi connectivity index (χ3n) is 2.89. The van der Waals surface area contributed by atoms with Crippen LogP contribution in [0.2, 0.25) is 0 Å². The van der Waals surface area contributed by atoms with Gasteiger partial charge in [0, 0.05) is 31.4 Å². The maximum atomic E-state index is 11.9. The average molecular weight is 326 g/mol. The smallest absolute Gasteiger partial charge is 0.244 e. The van der Waals surface area contributed by atoms with Crippen molar-refractivity contribution in [3.63, 3.8) is 0 Å². The summed E-state index contributed by atoms with van der Waals surface area (Å²) in [5.41, 5.74) is 0. The summed E-state index contributed by atoms with van der Waals surface area (Å²) in [5.74, 6) is 0.619. The van der Waals surface area contributed by atoms with Crippen molar-refractivity contribution in [2.45, 2.75) is 24.8 Å². The van der Waals surface area contributed by atoms with E-state index < -0.39 is 10.0 Å². The fourth-order valence-electron chi connectivity index (χ4n) is 1.69. The lowest BCUT2D eigenvalue weighted by Crippen LogP contribution is -2.22. The van der Waals surface area contributed by atoms with Crippen LogP contribution in [0.3, 0.4) is 0 Å². The van der Waals surface area contributed by atoms with E-state index in [9.17, 15) is 8.42 Å². The molecule has 0 aromatic carbocycles. The second-order valence-electron chi connectivity index (χ2n) is 4.84. The van der Waals surface area contributed by atoms with Gasteiger partial charge in [-0.3, -0.25) is 0 Å². The van der Waals surface area contributed by atoms with Gasteiger partial charge in [-0.2, -0.15) is 0 Å². The highest BCUT2D eigenvalue weighted by atomic mass is 32.2. The number of nitrogens with zero attached hydrogens (tertiary/aromatic N) is 3. The van der Waals surface area contributed by atoms with E-state index in [2.05, 4.69) is 15.3 Å². The number of rotatable bonds is 5. The van der Waals surface area contributed by atoms with Crippen molar-refractivity contribution in [2.75, 3.05) is 19.4 Å². The zero-order chi connectivity index (χ0) is 15.6. The number of hydrogen-bond donors (Lipinski definition) is 1. The van der Waals surface area contributed by atoms with Crippen LogP contribution in [0.15, 0.2) is 29.4 Å². The van der Waals surface area contributed by atoms with Crippen molar-refractivity contribution < 1.29 is 8.42 Å². The Labute approximate surface area is 128 Å². The minimum Gasteiger partial charge on any atom is -0.361 e. The van der Waals surface area contributed by atoms with E-state index in [0.717, 1.165) is 14.2 Å². The number of nitrogens with one attached hydrogen (secondary N) is 1. The van der Waals surface area contributed by atoms with E-state index in [1.165, 1.54) is 20.3 Å². The Kier molecular flexibility index (Phi) is 4.60. The van der Waals surface area contributed by atoms with Crippen molar-refractivity contribution in [1.29, 1.82) is 0 Å². The van der Waals surface area contributed by atoms with E-state index in [4.69, 9.17) is 0 Å². The van der Waals surface area contributed by atoms with Crippen LogP contribution in [-0.4, -0.2) is 36.8 Å². The molecular weight excluding hydrogens is 308 g/mol. The topological polar surface area (TPSA) is 75.2 Å². The zero-order valence-electron chi connectivity index (χ0n) is 12.4. The molecule has 0 aliphatic carbocycles. The minimum atomic E-state index is -3.44. The van der Waals surface area contributed by atoms with Gasteiger partial charge in [-0.15, -0.1) is 11.3 Å². The maximum absolute atomic E-state index is 11.9. The lowest BCUT2D eigenvalue weighted by atomic mass is 10.3. The lowest BCUT2D eigenvalue weighted by molar-refractivity contribution is 0.520. The van der Waals surface area contributed by atoms with Crippen LogP contribution in [0, 0.1) is 6.92 Å². The molecule has 0 fully saturated rings. The molecule has 1 unspecified atom stereocenters. The Bertz CT molecular complexity index is 708. The van der Waals surface area contributed by atoms with Crippen LogP contribution in [-0.2, 0) is 10.0 Å². The molecule has 0 spiro atoms. The summed E-state index contributed by atoms with van der Waals surface area (Å²) < 4.78 is 25.1. The monoisotopic (exact) mass is 326 g/mol. The number of thiazole rings is 1. The summed E-state index contributed by atoms with van der Waals surface area (Å²) in [5, 5.41) is 4.18. The Hall–Kier alpha value is -1.51. The maximum Gasteiger partial charge on any atom is 0.244 e. The van der Waals surface area contributed by atoms with E-state index >= 15 is 0 Å². The first-order chi connectivity index (χ1) is 9.80. The van der Waals surface area contributed by atoms with Gasteiger partial charge < -0.3 is 5.32 Å². The molecule has 1 atom stereocenters. The molecule has 1 N–H and O–H groups in total. The van der Waals surface area contributed by atoms with Crippen LogP contribution < -0.4 is 5.32 Å². The normalized spacial score (nSPS) is 13.4. The third-order valence-corrected chi connectivity index (χ3v) is 5.78. The Morgan fingerprint density at radius 2 is 1.95 bits per heavy atom. The van der Waals surface area contributed by atoms with Gasteiger partial charge in [0.05, 0.1) is 6.04 Å². The van der Waals surface area contributed by atoms with Crippen LogP contribution >= 0.6 is 11.3 Å². The molecule has 0 amide bonds. The molecule has 21 heavy (non-hydrogen) atoms. The highest BCUT2D eigenvalue weighted by Gasteiger charge is 2.17. The number of aromatic nitrogens is 2. The Morgan fingerprint density at radius 3 is 2.43 bits per heavy atom. The van der Waals surface area contributed by atoms with Gasteiger partial charge in [-0.05, 0) is 26.0 Å². The van der Waals surface area contributed by atoms with Gasteiger partial charge in [-0.25, -0.2) is 22.7 Å². The molecule has 0 saturated carbocycles. The molecule has 6 nitrogen and oxygen atoms in total. The number of aryl methyl sites for hydroxylation is 1. The van der Waals surface area contributed by atoms with Gasteiger partial charge in [-0.1, -0.05) is 0 Å². The largest absolute Gasteiger partial charge is 0.361 e. The molecule has 2 aromatic rings. The minimum absolute atomic E-state index is 0.0208. The number of anilines is 1. The highest BCUT2D eigenvalue weighted by Crippen LogP contribution is 2.23. The highest BCUT2D eigenvalue weighted by molar-refractivity contribution is 7.89. The number of pyridine rings is 1. The molecular formula is C13H18N4O2S2. The summed E-state index contributed by atoms with van der Waals surface area (Å²) >= 11 is 1.62. The first kappa shape index (κ1) is 15.9. The van der Waals surface area contributed by atoms with E-state index in [0.29, 0.717) is 5.82 Å². The van der Waals surface area contributed by atoms with Crippen molar-refractivity contribution in [3.8, 4) is 0 Å². The SMILES string of the molecule is Cc1cnc(C(C)Nc2ccc(S(=O)(=O)N(C)C)cn2)s1. The lowest BCUT2D eigenvalue weighted by Gasteiger charge is -2.14. The Balaban J connectivity index is 2.13. The predicted molar refractivity (Wildman–Crippen MR) is 84.0 cm³/mol. The summed E-state index contributed by atoms with van der Waals surface area (Å²) in [6.07, 6.45) is 3.19. The van der Waals surface area contributed by atoms with Gasteiger partial charge in [0.15, 0.2) is 0 Å². The van der Waals surface area contributed by atoms with Crippen molar-refractivity contribution >= 4 is 27.2 Å². The van der Waals surface area contributed by atoms with E-state index in [1.54, 1.807) is 23.5 Å². The standard InChI is InChI=1S/C13H18N4O2S2/c1-9-7-15-13(20-9)10(2)16-12-6-5-11(8-14-12)21(18,19)17(3)4/h5-8,10H,1-4H3,(H,14,16). The van der Waals surface area contributed by atoms with Crippen LogP contribution in [0.25, 0.3) is 0 Å². The fourth-order valence-corrected chi connectivity index (χ4v) is 3.31. The third kappa shape index (κ3) is 3.58. The van der Waals surface area contributed by atoms with Crippen LogP contribution in [0.4, 0.5) is 5.82 Å². The quantitative estimate of drug-likeness (QED) is 0.912. The van der Waals surface area contributed by atoms with Crippen LogP contribution in [0.5, 0.6) is 0 Å². The van der Waals surface area contributed by atoms with Gasteiger partial charge in [0.25, 0.3) is 0 Å². The van der Waals surface area contributed by atoms with E-state index in [-0.39, 0.29) is 10.9 Å². The summed E-state index contributed by atoms with van der Waals surface area (Å²) in [4.78, 5) is 9.81. The zero-order valence-corrected chi connectivity index (χ0v) is 14.0. The molecule has 2 rings (SSSR count). The summed E-state index contributed by atoms with van der Waals surface area (Å²) in [6.45, 7) is 4.00. The number of hydrogen-bond acceptors (Lipinski definition) is 6. The molecule has 0 aliphatic heterocycles. The van der Waals surface area contributed by atoms with Crippen molar-refractivity contribution in [2.24, 2.45) is 0 Å². The molecule has 0 aliphatic rings. The molecule has 114 valence electrons. The molecule has 2 heterocycles. The first-order valence-corrected chi connectivity index (χ1v) is 8.64. The fraction of sp³-hybridized carbons (Fsp3) is 0.385. The van der Waals surface area contributed by atoms with Crippen molar-refractivity contribution in [3.05, 3.63) is 34.4 Å². The van der Waals surface area contributed by atoms with Gasteiger partial charge in [0.1, 0.15) is 15.7 Å². The van der Waals surface area contributed by atoms with Gasteiger partial charge in [0.2, 0.25) is 10.0 Å². The molecule has 0 radical (unpaired) electrons. The van der Waals surface area contributed by atoms with Crippen LogP contribution in [0.1, 0.15) is 22.9 Å². The molecule has 0 saturated heterocycles. The van der Waals surface area contributed by atoms with E-state index in [1.807, 2.05) is 20.0 Å². The predicted octanol–water partition coefficient (Wildman–Crippen LogP) is 2.27. The second-order valence-corrected chi connectivity index (χ2v) is 8.26. The summed E-state index contributed by atoms with van der Waals surface area (Å²) in [6, 6.07) is 3.23. The molecule has 8 heteroatoms. The molecule has 2 aromatic heterocycles. The summed E-state index contributed by atoms with van der Waals surface area (Å²) in [7, 11) is -0.449. The van der Waals surface area contributed by atoms with Crippen molar-refractivity contribution in [1.82, 2.24) is 14.3 Å². The second kappa shape index (κ2) is 6.08. The first-order valence-electron chi connectivity index (χ1n) is 6.38. The average Bonchev–Trinajstić information content (AvgIpc) is 2.86. The number of sulfonamides is 1. The Morgan fingerprint density at radius 1 is 1.24 bits per heavy atom.